The summed E-state index contributed by atoms with van der Waals surface area (Å²) in [5, 5.41) is 16.3. The number of hydrogen-bond donors (Lipinski definition) is 3. The smallest absolute Gasteiger partial charge is 0.335 e. The Labute approximate surface area is 235 Å². The molecular weight excluding hydrogens is 536 g/mol. The minimum Gasteiger partial charge on any atom is -0.478 e. The number of carbonyl (C=O) groups excluding carboxylic acids is 1. The average molecular weight is 561 g/mol. The molecule has 0 spiro atoms. The van der Waals surface area contributed by atoms with Gasteiger partial charge in [-0.05, 0) is 66.8 Å². The molecule has 2 atom stereocenters. The van der Waals surface area contributed by atoms with Gasteiger partial charge in [0, 0.05) is 23.4 Å². The number of carboxylic acids is 1. The van der Waals surface area contributed by atoms with Gasteiger partial charge >= 0.3 is 5.97 Å². The molecule has 10 heteroatoms. The summed E-state index contributed by atoms with van der Waals surface area (Å²) >= 11 is 12.4. The van der Waals surface area contributed by atoms with E-state index in [4.69, 9.17) is 28.2 Å². The van der Waals surface area contributed by atoms with Gasteiger partial charge in [0.1, 0.15) is 17.6 Å². The molecule has 39 heavy (non-hydrogen) atoms. The van der Waals surface area contributed by atoms with Crippen molar-refractivity contribution < 1.29 is 19.1 Å². The van der Waals surface area contributed by atoms with Crippen LogP contribution in [0.15, 0.2) is 83.4 Å². The molecule has 0 radical (unpaired) electrons. The summed E-state index contributed by atoms with van der Waals surface area (Å²) in [6.07, 6.45) is 1.72. The number of anilines is 2. The van der Waals surface area contributed by atoms with Crippen LogP contribution in [0, 0.1) is 5.92 Å². The van der Waals surface area contributed by atoms with E-state index in [9.17, 15) is 14.7 Å². The Balaban J connectivity index is 1.53. The zero-order chi connectivity index (χ0) is 27.7. The number of carboxylic acid groups (broad SMARTS) is 1. The number of benzene rings is 2. The summed E-state index contributed by atoms with van der Waals surface area (Å²) in [5.41, 5.74) is 2.95. The van der Waals surface area contributed by atoms with Crippen LogP contribution in [0.5, 0.6) is 0 Å². The van der Waals surface area contributed by atoms with Gasteiger partial charge in [-0.1, -0.05) is 43.6 Å². The molecular formula is C29H25ClN4O4S. The zero-order valence-corrected chi connectivity index (χ0v) is 22.7. The number of pyridine rings is 1. The number of furan rings is 1. The van der Waals surface area contributed by atoms with E-state index in [1.54, 1.807) is 30.5 Å². The highest BCUT2D eigenvalue weighted by molar-refractivity contribution is 7.80. The molecule has 0 bridgehead atoms. The molecule has 4 aromatic rings. The van der Waals surface area contributed by atoms with Crippen LogP contribution in [-0.2, 0) is 4.79 Å². The normalized spacial score (nSPS) is 16.8. The van der Waals surface area contributed by atoms with Crippen molar-refractivity contribution >= 4 is 52.2 Å². The van der Waals surface area contributed by atoms with Crippen LogP contribution >= 0.6 is 23.8 Å². The van der Waals surface area contributed by atoms with Gasteiger partial charge in [-0.2, -0.15) is 0 Å². The summed E-state index contributed by atoms with van der Waals surface area (Å²) in [7, 11) is 0. The Hall–Kier alpha value is -4.21. The third-order valence-corrected chi connectivity index (χ3v) is 7.07. The summed E-state index contributed by atoms with van der Waals surface area (Å²) in [6.45, 7) is 3.62. The second-order valence-corrected chi connectivity index (χ2v) is 10.2. The van der Waals surface area contributed by atoms with Crippen molar-refractivity contribution in [3.05, 3.63) is 101 Å². The van der Waals surface area contributed by atoms with Crippen LogP contribution in [0.2, 0.25) is 5.02 Å². The van der Waals surface area contributed by atoms with Gasteiger partial charge in [0.05, 0.1) is 28.0 Å². The van der Waals surface area contributed by atoms with Crippen molar-refractivity contribution in [2.45, 2.75) is 25.9 Å². The summed E-state index contributed by atoms with van der Waals surface area (Å²) in [4.78, 5) is 29.9. The summed E-state index contributed by atoms with van der Waals surface area (Å²) < 4.78 is 6.33. The Kier molecular flexibility index (Phi) is 7.36. The van der Waals surface area contributed by atoms with Crippen LogP contribution in [-0.4, -0.2) is 27.1 Å². The number of nitrogens with one attached hydrogen (secondary N) is 2. The first-order valence-corrected chi connectivity index (χ1v) is 13.1. The number of carbonyl (C=O) groups is 2. The van der Waals surface area contributed by atoms with Gasteiger partial charge in [0.25, 0.3) is 0 Å². The van der Waals surface area contributed by atoms with Crippen LogP contribution in [0.4, 0.5) is 11.4 Å². The van der Waals surface area contributed by atoms with Gasteiger partial charge in [-0.15, -0.1) is 0 Å². The average Bonchev–Trinajstić information content (AvgIpc) is 3.55. The number of aromatic nitrogens is 1. The molecule has 1 aliphatic rings. The molecule has 3 heterocycles. The minimum atomic E-state index is -0.991. The quantitative estimate of drug-likeness (QED) is 0.221. The lowest BCUT2D eigenvalue weighted by Crippen LogP contribution is -2.29. The molecule has 1 fully saturated rings. The molecule has 2 aromatic heterocycles. The van der Waals surface area contributed by atoms with Gasteiger partial charge < -0.3 is 25.1 Å². The van der Waals surface area contributed by atoms with E-state index in [0.717, 1.165) is 11.3 Å². The second kappa shape index (κ2) is 10.9. The Bertz CT molecular complexity index is 1540. The van der Waals surface area contributed by atoms with Gasteiger partial charge in [0.2, 0.25) is 5.91 Å². The van der Waals surface area contributed by atoms with Crippen molar-refractivity contribution in [3.63, 3.8) is 0 Å². The standard InChI is InChI=1S/C29H25ClN4O4S/c1-16(2)27(35)32-21-11-10-19(15-20(21)30)34-26(25(33-29(34)39)22-5-3-4-14-31-22)24-13-12-23(38-24)17-6-8-18(9-7-17)28(36)37/h3-16,25-26H,1-2H3,(H,32,35)(H,33,39)(H,36,37)/t25-,26+/m1/s1. The molecule has 0 saturated carbocycles. The highest BCUT2D eigenvalue weighted by Crippen LogP contribution is 2.44. The van der Waals surface area contributed by atoms with Crippen LogP contribution in [0.25, 0.3) is 11.3 Å². The third-order valence-electron chi connectivity index (χ3n) is 6.45. The fraction of sp³-hybridized carbons (Fsp3) is 0.172. The highest BCUT2D eigenvalue weighted by Gasteiger charge is 2.42. The first-order valence-electron chi connectivity index (χ1n) is 12.3. The van der Waals surface area contributed by atoms with Gasteiger partial charge in [-0.3, -0.25) is 9.78 Å². The van der Waals surface area contributed by atoms with E-state index in [-0.39, 0.29) is 23.4 Å². The van der Waals surface area contributed by atoms with Crippen LogP contribution < -0.4 is 15.5 Å². The lowest BCUT2D eigenvalue weighted by molar-refractivity contribution is -0.118. The lowest BCUT2D eigenvalue weighted by atomic mass is 10.0. The summed E-state index contributed by atoms with van der Waals surface area (Å²) in [6, 6.07) is 20.5. The predicted octanol–water partition coefficient (Wildman–Crippen LogP) is 6.46. The van der Waals surface area contributed by atoms with Crippen molar-refractivity contribution in [1.82, 2.24) is 10.3 Å². The number of amides is 1. The van der Waals surface area contributed by atoms with E-state index in [1.165, 1.54) is 12.1 Å². The number of hydrogen-bond acceptors (Lipinski definition) is 5. The van der Waals surface area contributed by atoms with Crippen molar-refractivity contribution in [2.75, 3.05) is 10.2 Å². The largest absolute Gasteiger partial charge is 0.478 e. The van der Waals surface area contributed by atoms with E-state index in [1.807, 2.05) is 55.1 Å². The topological polar surface area (TPSA) is 108 Å². The fourth-order valence-corrected chi connectivity index (χ4v) is 4.97. The Morgan fingerprint density at radius 1 is 1.10 bits per heavy atom. The SMILES string of the molecule is CC(C)C(=O)Nc1ccc(N2C(=S)N[C@H](c3ccccn3)[C@@H]2c2ccc(-c3ccc(C(=O)O)cc3)o2)cc1Cl. The molecule has 0 aliphatic carbocycles. The third kappa shape index (κ3) is 5.36. The zero-order valence-electron chi connectivity index (χ0n) is 21.1. The van der Waals surface area contributed by atoms with Crippen LogP contribution in [0.1, 0.15) is 47.7 Å². The van der Waals surface area contributed by atoms with E-state index >= 15 is 0 Å². The molecule has 1 amide bonds. The second-order valence-electron chi connectivity index (χ2n) is 9.39. The molecule has 3 N–H and O–H groups in total. The molecule has 2 aromatic carbocycles. The molecule has 1 aliphatic heterocycles. The van der Waals surface area contributed by atoms with Crippen molar-refractivity contribution in [1.29, 1.82) is 0 Å². The highest BCUT2D eigenvalue weighted by atomic mass is 35.5. The van der Waals surface area contributed by atoms with Crippen molar-refractivity contribution in [2.24, 2.45) is 5.92 Å². The monoisotopic (exact) mass is 560 g/mol. The first-order chi connectivity index (χ1) is 18.7. The van der Waals surface area contributed by atoms with Gasteiger partial charge in [0.15, 0.2) is 5.11 Å². The maximum atomic E-state index is 12.2. The van der Waals surface area contributed by atoms with E-state index in [2.05, 4.69) is 15.6 Å². The molecule has 198 valence electrons. The van der Waals surface area contributed by atoms with E-state index < -0.39 is 12.0 Å². The molecule has 8 nitrogen and oxygen atoms in total. The molecule has 0 unspecified atom stereocenters. The van der Waals surface area contributed by atoms with Crippen molar-refractivity contribution in [3.8, 4) is 11.3 Å². The Morgan fingerprint density at radius 3 is 2.51 bits per heavy atom. The fourth-order valence-electron chi connectivity index (χ4n) is 4.40. The molecule has 5 rings (SSSR count). The number of halogens is 1. The molecule has 1 saturated heterocycles. The maximum Gasteiger partial charge on any atom is 0.335 e. The number of rotatable bonds is 7. The lowest BCUT2D eigenvalue weighted by Gasteiger charge is -2.26. The predicted molar refractivity (Wildman–Crippen MR) is 154 cm³/mol. The maximum absolute atomic E-state index is 12.2. The van der Waals surface area contributed by atoms with E-state index in [0.29, 0.717) is 33.0 Å². The van der Waals surface area contributed by atoms with Gasteiger partial charge in [-0.25, -0.2) is 4.79 Å². The number of aromatic carboxylic acids is 1. The van der Waals surface area contributed by atoms with Crippen LogP contribution in [0.3, 0.4) is 0 Å². The summed E-state index contributed by atoms with van der Waals surface area (Å²) in [5.74, 6) is -0.0916. The minimum absolute atomic E-state index is 0.129. The first kappa shape index (κ1) is 26.4. The number of nitrogens with zero attached hydrogens (tertiary/aromatic N) is 2. The Morgan fingerprint density at radius 2 is 1.87 bits per heavy atom. The number of thiocarbonyl (C=S) groups is 1.